The summed E-state index contributed by atoms with van der Waals surface area (Å²) in [4.78, 5) is 21.0. The molecule has 1 saturated heterocycles. The number of aromatic nitrogens is 4. The summed E-state index contributed by atoms with van der Waals surface area (Å²) >= 11 is 0. The van der Waals surface area contributed by atoms with Gasteiger partial charge in [-0.05, 0) is 18.8 Å². The molecular weight excluding hydrogens is 282 g/mol. The highest BCUT2D eigenvalue weighted by Gasteiger charge is 2.30. The Bertz CT molecular complexity index is 642. The first-order valence-corrected chi connectivity index (χ1v) is 7.49. The summed E-state index contributed by atoms with van der Waals surface area (Å²) in [5.74, 6) is 1.03. The van der Waals surface area contributed by atoms with Crippen LogP contribution in [0.3, 0.4) is 0 Å². The molecule has 1 N–H and O–H groups in total. The lowest BCUT2D eigenvalue weighted by molar-refractivity contribution is 0.0498. The number of aryl methyl sites for hydroxylation is 2. The van der Waals surface area contributed by atoms with Gasteiger partial charge < -0.3 is 19.2 Å². The largest absolute Gasteiger partial charge is 0.381 e. The van der Waals surface area contributed by atoms with Crippen LogP contribution in [-0.4, -0.2) is 38.2 Å². The Hall–Kier alpha value is -2.15. The molecule has 3 rings (SSSR count). The Morgan fingerprint density at radius 1 is 1.36 bits per heavy atom. The Morgan fingerprint density at radius 2 is 2.14 bits per heavy atom. The second-order valence-electron chi connectivity index (χ2n) is 5.72. The summed E-state index contributed by atoms with van der Waals surface area (Å²) in [5, 5.41) is 3.11. The number of hydrogen-bond donors (Lipinski definition) is 1. The molecule has 2 aromatic heterocycles. The smallest absolute Gasteiger partial charge is 0.272 e. The van der Waals surface area contributed by atoms with Crippen molar-refractivity contribution < 1.29 is 9.53 Å². The Morgan fingerprint density at radius 3 is 2.73 bits per heavy atom. The maximum Gasteiger partial charge on any atom is 0.272 e. The van der Waals surface area contributed by atoms with Gasteiger partial charge in [-0.1, -0.05) is 0 Å². The zero-order chi connectivity index (χ0) is 15.5. The Balaban J connectivity index is 1.82. The third kappa shape index (κ3) is 3.04. The molecule has 0 bridgehead atoms. The molecule has 1 aliphatic heterocycles. The number of hydrogen-bond acceptors (Lipinski definition) is 4. The van der Waals surface area contributed by atoms with Gasteiger partial charge in [0, 0.05) is 45.9 Å². The predicted molar refractivity (Wildman–Crippen MR) is 80.2 cm³/mol. The van der Waals surface area contributed by atoms with Gasteiger partial charge in [-0.15, -0.1) is 0 Å². The zero-order valence-electron chi connectivity index (χ0n) is 12.9. The van der Waals surface area contributed by atoms with E-state index in [2.05, 4.69) is 15.3 Å². The first-order chi connectivity index (χ1) is 10.6. The Labute approximate surface area is 129 Å². The van der Waals surface area contributed by atoms with E-state index in [0.29, 0.717) is 11.6 Å². The van der Waals surface area contributed by atoms with Gasteiger partial charge in [0.1, 0.15) is 11.5 Å². The fraction of sp³-hybridized carbons (Fsp3) is 0.533. The Kier molecular flexibility index (Phi) is 4.24. The van der Waals surface area contributed by atoms with Crippen molar-refractivity contribution in [2.45, 2.75) is 18.9 Å². The van der Waals surface area contributed by atoms with Crippen LogP contribution in [0.1, 0.15) is 35.2 Å². The monoisotopic (exact) mass is 303 g/mol. The topological polar surface area (TPSA) is 74.0 Å². The van der Waals surface area contributed by atoms with Gasteiger partial charge in [0.25, 0.3) is 5.91 Å². The molecule has 0 spiro atoms. The second-order valence-corrected chi connectivity index (χ2v) is 5.72. The lowest BCUT2D eigenvalue weighted by Crippen LogP contribution is -2.37. The molecule has 1 fully saturated rings. The average molecular weight is 303 g/mol. The van der Waals surface area contributed by atoms with Crippen molar-refractivity contribution in [2.24, 2.45) is 20.0 Å². The van der Waals surface area contributed by atoms with E-state index in [1.807, 2.05) is 24.9 Å². The first kappa shape index (κ1) is 14.8. The van der Waals surface area contributed by atoms with Gasteiger partial charge in [0.2, 0.25) is 0 Å². The summed E-state index contributed by atoms with van der Waals surface area (Å²) in [6, 6.07) is -0.126. The number of imidazole rings is 2. The summed E-state index contributed by atoms with van der Waals surface area (Å²) in [6.07, 6.45) is 8.83. The van der Waals surface area contributed by atoms with Crippen LogP contribution in [0.25, 0.3) is 0 Å². The molecule has 118 valence electrons. The summed E-state index contributed by atoms with van der Waals surface area (Å²) in [7, 11) is 3.79. The minimum atomic E-state index is -0.167. The standard InChI is InChI=1S/C15H21N5O2/c1-19-9-12(17-10-19)15(21)18-13(11-3-7-22-8-4-11)14-16-5-6-20(14)2/h5-6,9-11,13H,3-4,7-8H2,1-2H3,(H,18,21)/t13-/m0/s1. The molecule has 2 aromatic rings. The van der Waals surface area contributed by atoms with Gasteiger partial charge in [0.05, 0.1) is 12.4 Å². The van der Waals surface area contributed by atoms with Crippen LogP contribution in [0.2, 0.25) is 0 Å². The normalized spacial score (nSPS) is 17.4. The van der Waals surface area contributed by atoms with Crippen molar-refractivity contribution >= 4 is 5.91 Å². The minimum absolute atomic E-state index is 0.126. The number of carbonyl (C=O) groups is 1. The van der Waals surface area contributed by atoms with E-state index in [1.54, 1.807) is 23.3 Å². The van der Waals surface area contributed by atoms with Crippen molar-refractivity contribution in [2.75, 3.05) is 13.2 Å². The van der Waals surface area contributed by atoms with Gasteiger partial charge in [-0.3, -0.25) is 4.79 Å². The molecule has 1 aliphatic rings. The van der Waals surface area contributed by atoms with Gasteiger partial charge in [-0.25, -0.2) is 9.97 Å². The molecule has 1 atom stereocenters. The highest BCUT2D eigenvalue weighted by atomic mass is 16.5. The van der Waals surface area contributed by atoms with Crippen molar-refractivity contribution in [3.05, 3.63) is 36.4 Å². The van der Waals surface area contributed by atoms with E-state index >= 15 is 0 Å². The van der Waals surface area contributed by atoms with Crippen molar-refractivity contribution in [1.82, 2.24) is 24.4 Å². The van der Waals surface area contributed by atoms with Crippen LogP contribution in [0.5, 0.6) is 0 Å². The highest BCUT2D eigenvalue weighted by molar-refractivity contribution is 5.92. The van der Waals surface area contributed by atoms with Crippen molar-refractivity contribution in [3.8, 4) is 0 Å². The van der Waals surface area contributed by atoms with E-state index < -0.39 is 0 Å². The number of amides is 1. The molecule has 3 heterocycles. The van der Waals surface area contributed by atoms with Gasteiger partial charge in [0.15, 0.2) is 0 Å². The van der Waals surface area contributed by atoms with Crippen LogP contribution in [0, 0.1) is 5.92 Å². The highest BCUT2D eigenvalue weighted by Crippen LogP contribution is 2.29. The first-order valence-electron chi connectivity index (χ1n) is 7.49. The lowest BCUT2D eigenvalue weighted by Gasteiger charge is -2.30. The molecule has 0 radical (unpaired) electrons. The van der Waals surface area contributed by atoms with Crippen LogP contribution in [0.4, 0.5) is 0 Å². The maximum atomic E-state index is 12.5. The number of nitrogens with zero attached hydrogens (tertiary/aromatic N) is 4. The number of rotatable bonds is 4. The SMILES string of the molecule is Cn1cnc(C(=O)N[C@H](c2nccn2C)C2CCOCC2)c1. The number of carbonyl (C=O) groups excluding carboxylic acids is 1. The fourth-order valence-electron chi connectivity index (χ4n) is 2.86. The second kappa shape index (κ2) is 6.31. The third-order valence-electron chi connectivity index (χ3n) is 4.10. The molecule has 0 saturated carbocycles. The van der Waals surface area contributed by atoms with E-state index in [9.17, 15) is 4.79 Å². The van der Waals surface area contributed by atoms with E-state index in [-0.39, 0.29) is 11.9 Å². The molecule has 7 nitrogen and oxygen atoms in total. The number of nitrogens with one attached hydrogen (secondary N) is 1. The summed E-state index contributed by atoms with van der Waals surface area (Å²) in [5.41, 5.74) is 0.425. The van der Waals surface area contributed by atoms with E-state index in [4.69, 9.17) is 4.74 Å². The molecule has 22 heavy (non-hydrogen) atoms. The van der Waals surface area contributed by atoms with E-state index in [0.717, 1.165) is 31.9 Å². The average Bonchev–Trinajstić information content (AvgIpc) is 3.14. The molecule has 1 amide bonds. The molecule has 0 aromatic carbocycles. The van der Waals surface area contributed by atoms with Crippen LogP contribution in [0.15, 0.2) is 24.9 Å². The van der Waals surface area contributed by atoms with Gasteiger partial charge in [-0.2, -0.15) is 0 Å². The van der Waals surface area contributed by atoms with Crippen LogP contribution in [-0.2, 0) is 18.8 Å². The van der Waals surface area contributed by atoms with Crippen LogP contribution < -0.4 is 5.32 Å². The zero-order valence-corrected chi connectivity index (χ0v) is 12.9. The molecule has 0 unspecified atom stereocenters. The quantitative estimate of drug-likeness (QED) is 0.916. The summed E-state index contributed by atoms with van der Waals surface area (Å²) < 4.78 is 9.16. The molecule has 7 heteroatoms. The third-order valence-corrected chi connectivity index (χ3v) is 4.10. The van der Waals surface area contributed by atoms with Crippen molar-refractivity contribution in [1.29, 1.82) is 0 Å². The van der Waals surface area contributed by atoms with Gasteiger partial charge >= 0.3 is 0 Å². The predicted octanol–water partition coefficient (Wildman–Crippen LogP) is 1.05. The van der Waals surface area contributed by atoms with Crippen LogP contribution >= 0.6 is 0 Å². The van der Waals surface area contributed by atoms with Crippen molar-refractivity contribution in [3.63, 3.8) is 0 Å². The number of ether oxygens (including phenoxy) is 1. The minimum Gasteiger partial charge on any atom is -0.381 e. The fourth-order valence-corrected chi connectivity index (χ4v) is 2.86. The summed E-state index contributed by atoms with van der Waals surface area (Å²) in [6.45, 7) is 1.45. The maximum absolute atomic E-state index is 12.5. The van der Waals surface area contributed by atoms with E-state index in [1.165, 1.54) is 0 Å². The molecular formula is C15H21N5O2. The molecule has 0 aliphatic carbocycles. The lowest BCUT2D eigenvalue weighted by atomic mass is 9.91.